The number of aliphatic carboxylic acids is 1. The van der Waals surface area contributed by atoms with E-state index < -0.39 is 5.97 Å². The second-order valence-corrected chi connectivity index (χ2v) is 6.22. The molecule has 2 rings (SSSR count). The quantitative estimate of drug-likeness (QED) is 0.829. The largest absolute Gasteiger partial charge is 0.480 e. The van der Waals surface area contributed by atoms with Crippen LogP contribution in [-0.2, 0) is 16.1 Å². The van der Waals surface area contributed by atoms with Crippen LogP contribution in [0.3, 0.4) is 0 Å². The first-order chi connectivity index (χ1) is 11.6. The van der Waals surface area contributed by atoms with Gasteiger partial charge in [-0.05, 0) is 37.8 Å². The van der Waals surface area contributed by atoms with E-state index in [1.54, 1.807) is 4.90 Å². The molecule has 1 N–H and O–H groups in total. The Morgan fingerprint density at radius 3 is 2.75 bits per heavy atom. The number of piperidine rings is 1. The van der Waals surface area contributed by atoms with Crippen LogP contribution in [0.5, 0.6) is 0 Å². The lowest BCUT2D eigenvalue weighted by molar-refractivity contribution is -0.138. The van der Waals surface area contributed by atoms with Crippen molar-refractivity contribution in [1.29, 1.82) is 0 Å². The highest BCUT2D eigenvalue weighted by Crippen LogP contribution is 2.18. The summed E-state index contributed by atoms with van der Waals surface area (Å²) in [6, 6.07) is 9.61. The van der Waals surface area contributed by atoms with Crippen molar-refractivity contribution >= 4 is 12.1 Å². The number of hydrogen-bond donors (Lipinski definition) is 1. The number of carboxylic acid groups (broad SMARTS) is 1. The van der Waals surface area contributed by atoms with E-state index in [4.69, 9.17) is 9.84 Å². The van der Waals surface area contributed by atoms with E-state index in [0.717, 1.165) is 31.5 Å². The molecule has 1 saturated heterocycles. The molecule has 1 fully saturated rings. The third-order valence-electron chi connectivity index (χ3n) is 4.29. The first-order valence-corrected chi connectivity index (χ1v) is 8.48. The Bertz CT molecular complexity index is 535. The zero-order valence-electron chi connectivity index (χ0n) is 14.2. The van der Waals surface area contributed by atoms with Crippen LogP contribution >= 0.6 is 0 Å². The first-order valence-electron chi connectivity index (χ1n) is 8.48. The van der Waals surface area contributed by atoms with Gasteiger partial charge < -0.3 is 14.7 Å². The third kappa shape index (κ3) is 5.85. The number of ether oxygens (including phenoxy) is 1. The average molecular weight is 334 g/mol. The molecule has 1 heterocycles. The van der Waals surface area contributed by atoms with E-state index in [2.05, 4.69) is 0 Å². The number of carbonyl (C=O) groups is 2. The lowest BCUT2D eigenvalue weighted by atomic mass is 9.97. The fourth-order valence-electron chi connectivity index (χ4n) is 3.09. The minimum Gasteiger partial charge on any atom is -0.480 e. The van der Waals surface area contributed by atoms with E-state index in [0.29, 0.717) is 19.0 Å². The van der Waals surface area contributed by atoms with Crippen molar-refractivity contribution in [2.45, 2.75) is 26.4 Å². The highest BCUT2D eigenvalue weighted by molar-refractivity contribution is 5.69. The molecule has 1 aliphatic heterocycles. The zero-order chi connectivity index (χ0) is 17.4. The van der Waals surface area contributed by atoms with Gasteiger partial charge in [-0.1, -0.05) is 30.3 Å². The number of rotatable bonds is 7. The molecule has 0 radical (unpaired) electrons. The number of amides is 1. The zero-order valence-corrected chi connectivity index (χ0v) is 14.2. The number of nitrogens with zero attached hydrogens (tertiary/aromatic N) is 2. The normalized spacial score (nSPS) is 18.1. The summed E-state index contributed by atoms with van der Waals surface area (Å²) in [6.07, 6.45) is 1.67. The SMILES string of the molecule is CCN(C[C@H]1CCCN(CC(=O)O)C1)C(=O)OCc1ccccc1. The average Bonchev–Trinajstić information content (AvgIpc) is 2.58. The Hall–Kier alpha value is -2.08. The van der Waals surface area contributed by atoms with Gasteiger partial charge in [-0.15, -0.1) is 0 Å². The van der Waals surface area contributed by atoms with Crippen molar-refractivity contribution < 1.29 is 19.4 Å². The van der Waals surface area contributed by atoms with Crippen molar-refractivity contribution in [3.8, 4) is 0 Å². The monoisotopic (exact) mass is 334 g/mol. The Morgan fingerprint density at radius 1 is 1.33 bits per heavy atom. The van der Waals surface area contributed by atoms with Crippen LogP contribution < -0.4 is 0 Å². The van der Waals surface area contributed by atoms with Crippen LogP contribution in [0, 0.1) is 5.92 Å². The second-order valence-electron chi connectivity index (χ2n) is 6.22. The number of benzene rings is 1. The van der Waals surface area contributed by atoms with E-state index in [1.165, 1.54) is 0 Å². The van der Waals surface area contributed by atoms with Gasteiger partial charge in [0.2, 0.25) is 0 Å². The van der Waals surface area contributed by atoms with Crippen LogP contribution in [0.2, 0.25) is 0 Å². The van der Waals surface area contributed by atoms with Crippen molar-refractivity contribution in [1.82, 2.24) is 9.80 Å². The van der Waals surface area contributed by atoms with Crippen molar-refractivity contribution in [2.75, 3.05) is 32.7 Å². The fourth-order valence-corrected chi connectivity index (χ4v) is 3.09. The number of hydrogen-bond acceptors (Lipinski definition) is 4. The summed E-state index contributed by atoms with van der Waals surface area (Å²) in [5.74, 6) is -0.507. The molecule has 6 nitrogen and oxygen atoms in total. The van der Waals surface area contributed by atoms with E-state index >= 15 is 0 Å². The highest BCUT2D eigenvalue weighted by atomic mass is 16.6. The molecule has 24 heavy (non-hydrogen) atoms. The maximum absolute atomic E-state index is 12.3. The lowest BCUT2D eigenvalue weighted by Crippen LogP contribution is -2.44. The van der Waals surface area contributed by atoms with Gasteiger partial charge in [-0.2, -0.15) is 0 Å². The van der Waals surface area contributed by atoms with Gasteiger partial charge in [0.25, 0.3) is 0 Å². The van der Waals surface area contributed by atoms with Crippen LogP contribution in [0.1, 0.15) is 25.3 Å². The van der Waals surface area contributed by atoms with Crippen molar-refractivity contribution in [2.24, 2.45) is 5.92 Å². The Labute approximate surface area is 143 Å². The molecule has 0 bridgehead atoms. The van der Waals surface area contributed by atoms with Gasteiger partial charge in [-0.25, -0.2) is 4.79 Å². The summed E-state index contributed by atoms with van der Waals surface area (Å²) >= 11 is 0. The number of carboxylic acids is 1. The summed E-state index contributed by atoms with van der Waals surface area (Å²) in [5, 5.41) is 8.92. The van der Waals surface area contributed by atoms with Gasteiger partial charge in [0.1, 0.15) is 6.61 Å². The van der Waals surface area contributed by atoms with Gasteiger partial charge in [-0.3, -0.25) is 9.69 Å². The van der Waals surface area contributed by atoms with Gasteiger partial charge in [0, 0.05) is 19.6 Å². The molecule has 0 saturated carbocycles. The fraction of sp³-hybridized carbons (Fsp3) is 0.556. The number of likely N-dealkylation sites (tertiary alicyclic amines) is 1. The summed E-state index contributed by atoms with van der Waals surface area (Å²) in [4.78, 5) is 26.8. The Kier molecular flexibility index (Phi) is 7.06. The summed E-state index contributed by atoms with van der Waals surface area (Å²) in [6.45, 7) is 5.00. The van der Waals surface area contributed by atoms with Crippen molar-refractivity contribution in [3.63, 3.8) is 0 Å². The molecule has 0 aromatic heterocycles. The topological polar surface area (TPSA) is 70.1 Å². The molecule has 1 atom stereocenters. The molecular weight excluding hydrogens is 308 g/mol. The maximum Gasteiger partial charge on any atom is 0.410 e. The molecule has 1 amide bonds. The molecule has 1 aromatic rings. The highest BCUT2D eigenvalue weighted by Gasteiger charge is 2.25. The van der Waals surface area contributed by atoms with E-state index in [-0.39, 0.29) is 19.2 Å². The van der Waals surface area contributed by atoms with E-state index in [1.807, 2.05) is 42.2 Å². The molecule has 132 valence electrons. The summed E-state index contributed by atoms with van der Waals surface area (Å²) in [7, 11) is 0. The number of carbonyl (C=O) groups excluding carboxylic acids is 1. The Balaban J connectivity index is 1.81. The van der Waals surface area contributed by atoms with E-state index in [9.17, 15) is 9.59 Å². The second kappa shape index (κ2) is 9.27. The Morgan fingerprint density at radius 2 is 2.08 bits per heavy atom. The molecule has 1 aromatic carbocycles. The predicted octanol–water partition coefficient (Wildman–Crippen LogP) is 2.44. The standard InChI is InChI=1S/C18H26N2O4/c1-2-20(18(23)24-14-15-7-4-3-5-8-15)12-16-9-6-10-19(11-16)13-17(21)22/h3-5,7-8,16H,2,6,9-14H2,1H3,(H,21,22)/t16-/m0/s1. The van der Waals surface area contributed by atoms with Crippen molar-refractivity contribution in [3.05, 3.63) is 35.9 Å². The van der Waals surface area contributed by atoms with Gasteiger partial charge in [0.15, 0.2) is 0 Å². The van der Waals surface area contributed by atoms with Crippen LogP contribution in [-0.4, -0.2) is 59.7 Å². The summed E-state index contributed by atoms with van der Waals surface area (Å²) < 4.78 is 5.39. The predicted molar refractivity (Wildman–Crippen MR) is 90.7 cm³/mol. The minimum absolute atomic E-state index is 0.0705. The van der Waals surface area contributed by atoms with Crippen LogP contribution in [0.25, 0.3) is 0 Å². The first kappa shape index (κ1) is 18.3. The molecule has 1 aliphatic rings. The third-order valence-corrected chi connectivity index (χ3v) is 4.29. The van der Waals surface area contributed by atoms with Gasteiger partial charge >= 0.3 is 12.1 Å². The molecular formula is C18H26N2O4. The maximum atomic E-state index is 12.3. The lowest BCUT2D eigenvalue weighted by Gasteiger charge is -2.34. The van der Waals surface area contributed by atoms with Gasteiger partial charge in [0.05, 0.1) is 6.54 Å². The smallest absolute Gasteiger partial charge is 0.410 e. The molecule has 0 unspecified atom stereocenters. The van der Waals surface area contributed by atoms with Crippen LogP contribution in [0.15, 0.2) is 30.3 Å². The minimum atomic E-state index is -0.801. The summed E-state index contributed by atoms with van der Waals surface area (Å²) in [5.41, 5.74) is 0.965. The molecule has 0 aliphatic carbocycles. The molecule has 0 spiro atoms. The molecule has 6 heteroatoms. The van der Waals surface area contributed by atoms with Crippen LogP contribution in [0.4, 0.5) is 4.79 Å².